The van der Waals surface area contributed by atoms with Gasteiger partial charge in [-0.2, -0.15) is 0 Å². The first-order chi connectivity index (χ1) is 14.5. The largest absolute Gasteiger partial charge is 0.496 e. The van der Waals surface area contributed by atoms with Crippen molar-refractivity contribution in [3.63, 3.8) is 0 Å². The third-order valence-corrected chi connectivity index (χ3v) is 9.12. The molecule has 4 nitrogen and oxygen atoms in total. The Bertz CT molecular complexity index is 855. The number of terminal acetylenes is 1. The van der Waals surface area contributed by atoms with Crippen LogP contribution in [0.4, 0.5) is 0 Å². The summed E-state index contributed by atoms with van der Waals surface area (Å²) in [7, 11) is 1.81. The first kappa shape index (κ1) is 20.4. The minimum absolute atomic E-state index is 0.128. The molecular formula is C26H36N2O2. The van der Waals surface area contributed by atoms with Crippen molar-refractivity contribution in [1.29, 1.82) is 0 Å². The number of hydrogen-bond donors (Lipinski definition) is 2. The zero-order chi connectivity index (χ0) is 20.9. The average Bonchev–Trinajstić information content (AvgIpc) is 3.05. The first-order valence-corrected chi connectivity index (χ1v) is 11.8. The number of methoxy groups -OCH3 is 1. The Morgan fingerprint density at radius 3 is 2.77 bits per heavy atom. The van der Waals surface area contributed by atoms with E-state index in [1.807, 2.05) is 0 Å². The van der Waals surface area contributed by atoms with Crippen LogP contribution in [0.5, 0.6) is 5.75 Å². The standard InChI is InChI=1S/C26H36N2O2/c1-4-26(29)10-8-23-21-6-5-18-16-24(30-3)19(17-28-13-11-27-12-14-28)15-22(18)20(21)7-9-25(23,26)2/h1,15-16,20-21,23,27,29H,5-14,17H2,2-3H3/t20-,21+,23-,25-,26+/m0/s1. The number of ether oxygens (including phenoxy) is 1. The lowest BCUT2D eigenvalue weighted by Crippen LogP contribution is -2.50. The molecule has 1 saturated heterocycles. The number of nitrogens with zero attached hydrogens (tertiary/aromatic N) is 1. The summed E-state index contributed by atoms with van der Waals surface area (Å²) in [5.74, 6) is 5.61. The molecule has 30 heavy (non-hydrogen) atoms. The summed E-state index contributed by atoms with van der Waals surface area (Å²) >= 11 is 0. The molecular weight excluding hydrogens is 372 g/mol. The molecule has 3 aliphatic carbocycles. The molecule has 4 aliphatic rings. The highest BCUT2D eigenvalue weighted by Gasteiger charge is 2.61. The highest BCUT2D eigenvalue weighted by molar-refractivity contribution is 5.46. The summed E-state index contributed by atoms with van der Waals surface area (Å²) in [5, 5.41) is 14.6. The molecule has 2 N–H and O–H groups in total. The van der Waals surface area contributed by atoms with Crippen LogP contribution >= 0.6 is 0 Å². The SMILES string of the molecule is C#C[C@@]1(O)CC[C@H]2[C@@H]3CCc4cc(OC)c(CN5CCNCC5)cc4[C@H]3CC[C@@]21C. The molecule has 0 radical (unpaired) electrons. The second-order valence-corrected chi connectivity index (χ2v) is 10.3. The summed E-state index contributed by atoms with van der Waals surface area (Å²) in [6.07, 6.45) is 12.1. The normalized spacial score (nSPS) is 38.3. The maximum absolute atomic E-state index is 11.2. The summed E-state index contributed by atoms with van der Waals surface area (Å²) in [4.78, 5) is 2.53. The molecule has 1 aromatic carbocycles. The fourth-order valence-corrected chi connectivity index (χ4v) is 7.32. The topological polar surface area (TPSA) is 44.7 Å². The molecule has 3 fully saturated rings. The second-order valence-electron chi connectivity index (χ2n) is 10.3. The molecule has 0 unspecified atom stereocenters. The van der Waals surface area contributed by atoms with Gasteiger partial charge in [-0.3, -0.25) is 4.90 Å². The van der Waals surface area contributed by atoms with Gasteiger partial charge >= 0.3 is 0 Å². The van der Waals surface area contributed by atoms with Gasteiger partial charge in [-0.15, -0.1) is 6.42 Å². The van der Waals surface area contributed by atoms with Crippen LogP contribution in [0.2, 0.25) is 0 Å². The zero-order valence-corrected chi connectivity index (χ0v) is 18.5. The van der Waals surface area contributed by atoms with Gasteiger partial charge in [0.25, 0.3) is 0 Å². The number of nitrogens with one attached hydrogen (secondary N) is 1. The van der Waals surface area contributed by atoms with E-state index in [0.29, 0.717) is 17.8 Å². The van der Waals surface area contributed by atoms with Crippen LogP contribution in [-0.4, -0.2) is 48.9 Å². The van der Waals surface area contributed by atoms with Crippen molar-refractivity contribution in [3.8, 4) is 18.1 Å². The second kappa shape index (κ2) is 7.55. The van der Waals surface area contributed by atoms with E-state index < -0.39 is 5.60 Å². The Hall–Kier alpha value is -1.54. The summed E-state index contributed by atoms with van der Waals surface area (Å²) in [5.41, 5.74) is 3.31. The minimum Gasteiger partial charge on any atom is -0.496 e. The van der Waals surface area contributed by atoms with E-state index in [1.165, 1.54) is 17.5 Å². The van der Waals surface area contributed by atoms with Gasteiger partial charge in [0.05, 0.1) is 7.11 Å². The average molecular weight is 409 g/mol. The third-order valence-electron chi connectivity index (χ3n) is 9.12. The molecule has 162 valence electrons. The quantitative estimate of drug-likeness (QED) is 0.753. The van der Waals surface area contributed by atoms with Crippen LogP contribution in [0.25, 0.3) is 0 Å². The summed E-state index contributed by atoms with van der Waals surface area (Å²) in [6.45, 7) is 7.55. The molecule has 1 aliphatic heterocycles. The number of rotatable bonds is 3. The lowest BCUT2D eigenvalue weighted by molar-refractivity contribution is -0.0647. The molecule has 0 bridgehead atoms. The number of fused-ring (bicyclic) bond motifs is 5. The molecule has 5 atom stereocenters. The maximum atomic E-state index is 11.2. The molecule has 5 rings (SSSR count). The van der Waals surface area contributed by atoms with E-state index in [9.17, 15) is 5.11 Å². The van der Waals surface area contributed by atoms with E-state index in [4.69, 9.17) is 11.2 Å². The Morgan fingerprint density at radius 1 is 1.23 bits per heavy atom. The smallest absolute Gasteiger partial charge is 0.130 e. The zero-order valence-electron chi connectivity index (χ0n) is 18.5. The molecule has 1 heterocycles. The highest BCUT2D eigenvalue weighted by Crippen LogP contribution is 2.64. The van der Waals surface area contributed by atoms with Crippen molar-refractivity contribution < 1.29 is 9.84 Å². The van der Waals surface area contributed by atoms with E-state index in [1.54, 1.807) is 12.7 Å². The number of benzene rings is 1. The van der Waals surface area contributed by atoms with Crippen LogP contribution in [0.3, 0.4) is 0 Å². The van der Waals surface area contributed by atoms with Gasteiger partial charge in [0.15, 0.2) is 0 Å². The van der Waals surface area contributed by atoms with E-state index >= 15 is 0 Å². The predicted molar refractivity (Wildman–Crippen MR) is 120 cm³/mol. The summed E-state index contributed by atoms with van der Waals surface area (Å²) in [6, 6.07) is 4.79. The third kappa shape index (κ3) is 3.01. The van der Waals surface area contributed by atoms with Gasteiger partial charge in [-0.25, -0.2) is 0 Å². The number of piperazine rings is 1. The van der Waals surface area contributed by atoms with Crippen LogP contribution in [0.1, 0.15) is 61.6 Å². The Balaban J connectivity index is 1.46. The van der Waals surface area contributed by atoms with Crippen molar-refractivity contribution in [3.05, 3.63) is 28.8 Å². The Morgan fingerprint density at radius 2 is 2.03 bits per heavy atom. The van der Waals surface area contributed by atoms with Gasteiger partial charge < -0.3 is 15.2 Å². The molecule has 4 heteroatoms. The van der Waals surface area contributed by atoms with Crippen molar-refractivity contribution in [2.75, 3.05) is 33.3 Å². The van der Waals surface area contributed by atoms with Crippen molar-refractivity contribution in [1.82, 2.24) is 10.2 Å². The fourth-order valence-electron chi connectivity index (χ4n) is 7.32. The maximum Gasteiger partial charge on any atom is 0.130 e. The molecule has 2 saturated carbocycles. The highest BCUT2D eigenvalue weighted by atomic mass is 16.5. The number of aliphatic hydroxyl groups is 1. The molecule has 0 amide bonds. The van der Waals surface area contributed by atoms with Gasteiger partial charge in [-0.1, -0.05) is 18.9 Å². The van der Waals surface area contributed by atoms with E-state index in [2.05, 4.69) is 35.2 Å². The number of aryl methyl sites for hydroxylation is 1. The van der Waals surface area contributed by atoms with Crippen molar-refractivity contribution in [2.45, 2.75) is 63.5 Å². The lowest BCUT2D eigenvalue weighted by atomic mass is 9.53. The van der Waals surface area contributed by atoms with Gasteiger partial charge in [0, 0.05) is 43.7 Å². The molecule has 1 aromatic rings. The van der Waals surface area contributed by atoms with Crippen LogP contribution < -0.4 is 10.1 Å². The fraction of sp³-hybridized carbons (Fsp3) is 0.692. The van der Waals surface area contributed by atoms with Crippen molar-refractivity contribution >= 4 is 0 Å². The first-order valence-electron chi connectivity index (χ1n) is 11.8. The molecule has 0 aromatic heterocycles. The van der Waals surface area contributed by atoms with E-state index in [-0.39, 0.29) is 5.41 Å². The van der Waals surface area contributed by atoms with E-state index in [0.717, 1.165) is 70.6 Å². The summed E-state index contributed by atoms with van der Waals surface area (Å²) < 4.78 is 5.82. The van der Waals surface area contributed by atoms with Gasteiger partial charge in [-0.05, 0) is 73.5 Å². The van der Waals surface area contributed by atoms with Crippen molar-refractivity contribution in [2.24, 2.45) is 17.3 Å². The monoisotopic (exact) mass is 408 g/mol. The van der Waals surface area contributed by atoms with Crippen LogP contribution in [0, 0.1) is 29.6 Å². The Kier molecular flexibility index (Phi) is 5.13. The number of hydrogen-bond acceptors (Lipinski definition) is 4. The van der Waals surface area contributed by atoms with Crippen LogP contribution in [-0.2, 0) is 13.0 Å². The minimum atomic E-state index is -0.920. The lowest BCUT2D eigenvalue weighted by Gasteiger charge is -2.52. The van der Waals surface area contributed by atoms with Gasteiger partial charge in [0.2, 0.25) is 0 Å². The van der Waals surface area contributed by atoms with Gasteiger partial charge in [0.1, 0.15) is 11.4 Å². The predicted octanol–water partition coefficient (Wildman–Crippen LogP) is 3.32. The van der Waals surface area contributed by atoms with Crippen LogP contribution in [0.15, 0.2) is 12.1 Å². The molecule has 0 spiro atoms. The Labute approximate surface area is 181 Å².